The predicted molar refractivity (Wildman–Crippen MR) is 101 cm³/mol. The largest absolute Gasteiger partial charge is 0.352 e. The van der Waals surface area contributed by atoms with Crippen molar-refractivity contribution in [3.8, 4) is 6.07 Å². The van der Waals surface area contributed by atoms with E-state index in [2.05, 4.69) is 49.0 Å². The summed E-state index contributed by atoms with van der Waals surface area (Å²) in [6.07, 6.45) is 0. The fraction of sp³-hybridized carbons (Fsp3) is 0.529. The van der Waals surface area contributed by atoms with E-state index in [4.69, 9.17) is 5.26 Å². The smallest absolute Gasteiger partial charge is 0.194 e. The molecule has 0 saturated carbocycles. The molecule has 0 bridgehead atoms. The number of benzene rings is 1. The van der Waals surface area contributed by atoms with Crippen molar-refractivity contribution in [2.24, 2.45) is 10.4 Å². The fourth-order valence-corrected chi connectivity index (χ4v) is 2.63. The summed E-state index contributed by atoms with van der Waals surface area (Å²) in [5.74, 6) is 0.918. The van der Waals surface area contributed by atoms with Gasteiger partial charge in [-0.25, -0.2) is 0 Å². The Bertz CT molecular complexity index is 599. The number of hydrogen-bond acceptors (Lipinski definition) is 2. The summed E-state index contributed by atoms with van der Waals surface area (Å²) in [6, 6.07) is 9.83. The van der Waals surface area contributed by atoms with Crippen molar-refractivity contribution >= 4 is 29.9 Å². The van der Waals surface area contributed by atoms with E-state index in [9.17, 15) is 0 Å². The van der Waals surface area contributed by atoms with Crippen LogP contribution in [0.25, 0.3) is 0 Å². The summed E-state index contributed by atoms with van der Waals surface area (Å²) in [5, 5.41) is 12.3. The molecule has 4 nitrogen and oxygen atoms in total. The van der Waals surface area contributed by atoms with E-state index in [1.54, 1.807) is 0 Å². The molecule has 0 amide bonds. The van der Waals surface area contributed by atoms with Crippen LogP contribution in [-0.2, 0) is 6.54 Å². The van der Waals surface area contributed by atoms with Gasteiger partial charge in [0.25, 0.3) is 0 Å². The molecule has 1 aromatic rings. The highest BCUT2D eigenvalue weighted by Crippen LogP contribution is 2.46. The van der Waals surface area contributed by atoms with Crippen molar-refractivity contribution in [1.82, 2.24) is 10.2 Å². The Kier molecular flexibility index (Phi) is 5.85. The highest BCUT2D eigenvalue weighted by atomic mass is 127. The highest BCUT2D eigenvalue weighted by Gasteiger charge is 2.53. The maximum Gasteiger partial charge on any atom is 0.194 e. The third-order valence-corrected chi connectivity index (χ3v) is 4.86. The molecular weight excluding hydrogens is 387 g/mol. The van der Waals surface area contributed by atoms with Gasteiger partial charge in [0.2, 0.25) is 0 Å². The molecule has 0 unspecified atom stereocenters. The topological polar surface area (TPSA) is 51.4 Å². The van der Waals surface area contributed by atoms with Gasteiger partial charge in [-0.2, -0.15) is 5.26 Å². The van der Waals surface area contributed by atoms with Gasteiger partial charge in [-0.15, -0.1) is 24.0 Å². The molecule has 1 fully saturated rings. The van der Waals surface area contributed by atoms with Gasteiger partial charge in [0.15, 0.2) is 5.96 Å². The molecular formula is C17H25IN4. The lowest BCUT2D eigenvalue weighted by atomic mass is 9.65. The number of nitrogens with zero attached hydrogens (tertiary/aromatic N) is 3. The number of nitrogens with one attached hydrogen (secondary N) is 1. The number of likely N-dealkylation sites (tertiary alicyclic amines) is 1. The van der Waals surface area contributed by atoms with Crippen molar-refractivity contribution in [1.29, 1.82) is 5.26 Å². The van der Waals surface area contributed by atoms with E-state index in [0.29, 0.717) is 12.1 Å². The molecule has 0 spiro atoms. The van der Waals surface area contributed by atoms with E-state index < -0.39 is 0 Å². The van der Waals surface area contributed by atoms with Crippen LogP contribution in [0.5, 0.6) is 0 Å². The molecule has 1 aliphatic heterocycles. The molecule has 1 saturated heterocycles. The first kappa shape index (κ1) is 18.8. The van der Waals surface area contributed by atoms with Crippen LogP contribution >= 0.6 is 24.0 Å². The third kappa shape index (κ3) is 3.37. The van der Waals surface area contributed by atoms with Gasteiger partial charge in [0.1, 0.15) is 0 Å². The Morgan fingerprint density at radius 1 is 1.36 bits per heavy atom. The van der Waals surface area contributed by atoms with Gasteiger partial charge in [0, 0.05) is 31.1 Å². The molecule has 5 heteroatoms. The molecule has 1 aliphatic rings. The molecule has 1 N–H and O–H groups in total. The minimum Gasteiger partial charge on any atom is -0.352 e. The standard InChI is InChI=1S/C17H24N4.HI/c1-16(2)12-21(17(16,3)4)15(19-5)20-11-14-8-6-7-13(9-14)10-18;/h6-9H,11-12H2,1-5H3,(H,19,20);1H. The van der Waals surface area contributed by atoms with E-state index in [1.807, 2.05) is 31.3 Å². The van der Waals surface area contributed by atoms with Crippen LogP contribution in [0, 0.1) is 16.7 Å². The van der Waals surface area contributed by atoms with Crippen LogP contribution < -0.4 is 5.32 Å². The Labute approximate surface area is 150 Å². The van der Waals surface area contributed by atoms with Crippen LogP contribution in [0.2, 0.25) is 0 Å². The zero-order chi connectivity index (χ0) is 15.7. The first-order chi connectivity index (χ1) is 9.81. The van der Waals surface area contributed by atoms with E-state index in [-0.39, 0.29) is 34.9 Å². The van der Waals surface area contributed by atoms with E-state index >= 15 is 0 Å². The van der Waals surface area contributed by atoms with Gasteiger partial charge >= 0.3 is 0 Å². The van der Waals surface area contributed by atoms with Gasteiger partial charge in [-0.1, -0.05) is 26.0 Å². The minimum atomic E-state index is 0. The summed E-state index contributed by atoms with van der Waals surface area (Å²) in [5.41, 5.74) is 2.15. The Hall–Kier alpha value is -1.29. The maximum absolute atomic E-state index is 8.94. The van der Waals surface area contributed by atoms with Crippen LogP contribution in [-0.4, -0.2) is 30.0 Å². The molecule has 0 aliphatic carbocycles. The Balaban J connectivity index is 0.00000242. The Morgan fingerprint density at radius 2 is 2.05 bits per heavy atom. The number of hydrogen-bond donors (Lipinski definition) is 1. The van der Waals surface area contributed by atoms with Crippen molar-refractivity contribution in [3.63, 3.8) is 0 Å². The predicted octanol–water partition coefficient (Wildman–Crippen LogP) is 3.37. The van der Waals surface area contributed by atoms with Crippen LogP contribution in [0.15, 0.2) is 29.3 Å². The SMILES string of the molecule is CN=C(NCc1cccc(C#N)c1)N1CC(C)(C)C1(C)C.I. The second kappa shape index (κ2) is 6.86. The van der Waals surface area contributed by atoms with Crippen LogP contribution in [0.3, 0.4) is 0 Å². The summed E-state index contributed by atoms with van der Waals surface area (Å²) in [4.78, 5) is 6.70. The van der Waals surface area contributed by atoms with Crippen molar-refractivity contribution in [2.45, 2.75) is 39.8 Å². The van der Waals surface area contributed by atoms with E-state index in [1.165, 1.54) is 0 Å². The van der Waals surface area contributed by atoms with Gasteiger partial charge in [-0.3, -0.25) is 4.99 Å². The maximum atomic E-state index is 8.94. The second-order valence-corrected chi connectivity index (χ2v) is 6.74. The summed E-state index contributed by atoms with van der Waals surface area (Å²) < 4.78 is 0. The number of halogens is 1. The lowest BCUT2D eigenvalue weighted by Gasteiger charge is -2.62. The van der Waals surface area contributed by atoms with Crippen LogP contribution in [0.1, 0.15) is 38.8 Å². The molecule has 1 aromatic carbocycles. The van der Waals surface area contributed by atoms with Gasteiger partial charge < -0.3 is 10.2 Å². The summed E-state index contributed by atoms with van der Waals surface area (Å²) >= 11 is 0. The minimum absolute atomic E-state index is 0. The van der Waals surface area contributed by atoms with Crippen molar-refractivity contribution in [3.05, 3.63) is 35.4 Å². The highest BCUT2D eigenvalue weighted by molar-refractivity contribution is 14.0. The monoisotopic (exact) mass is 412 g/mol. The normalized spacial score (nSPS) is 18.7. The fourth-order valence-electron chi connectivity index (χ4n) is 2.63. The van der Waals surface area contributed by atoms with Crippen LogP contribution in [0.4, 0.5) is 0 Å². The molecule has 0 aromatic heterocycles. The average Bonchev–Trinajstić information content (AvgIpc) is 2.47. The van der Waals surface area contributed by atoms with Crippen molar-refractivity contribution in [2.75, 3.05) is 13.6 Å². The van der Waals surface area contributed by atoms with Gasteiger partial charge in [-0.05, 0) is 31.5 Å². The molecule has 2 rings (SSSR count). The molecule has 0 atom stereocenters. The molecule has 0 radical (unpaired) electrons. The third-order valence-electron chi connectivity index (χ3n) is 4.86. The second-order valence-electron chi connectivity index (χ2n) is 6.74. The first-order valence-electron chi connectivity index (χ1n) is 7.29. The lowest BCUT2D eigenvalue weighted by molar-refractivity contribution is -0.0667. The molecule has 1 heterocycles. The number of rotatable bonds is 2. The van der Waals surface area contributed by atoms with Crippen molar-refractivity contribution < 1.29 is 0 Å². The molecule has 120 valence electrons. The zero-order valence-corrected chi connectivity index (χ0v) is 16.3. The van der Waals surface area contributed by atoms with Gasteiger partial charge in [0.05, 0.1) is 11.6 Å². The number of aliphatic imine (C=N–C) groups is 1. The number of guanidine groups is 1. The lowest BCUT2D eigenvalue weighted by Crippen LogP contribution is -2.72. The quantitative estimate of drug-likeness (QED) is 0.461. The summed E-state index contributed by atoms with van der Waals surface area (Å²) in [6.45, 7) is 10.7. The molecule has 22 heavy (non-hydrogen) atoms. The average molecular weight is 412 g/mol. The Morgan fingerprint density at radius 3 is 2.55 bits per heavy atom. The number of nitriles is 1. The zero-order valence-electron chi connectivity index (χ0n) is 14.0. The van der Waals surface area contributed by atoms with E-state index in [0.717, 1.165) is 18.1 Å². The first-order valence-corrected chi connectivity index (χ1v) is 7.29. The summed E-state index contributed by atoms with van der Waals surface area (Å²) in [7, 11) is 1.81.